The summed E-state index contributed by atoms with van der Waals surface area (Å²) in [4.78, 5) is 14.7. The van der Waals surface area contributed by atoms with Crippen LogP contribution in [-0.4, -0.2) is 24.2 Å². The lowest BCUT2D eigenvalue weighted by molar-refractivity contribution is -0.115. The number of nitrogens with one attached hydrogen (secondary N) is 1. The molecular formula is C21H25N3O2. The second-order valence-electron chi connectivity index (χ2n) is 6.53. The van der Waals surface area contributed by atoms with Crippen LogP contribution in [0.5, 0.6) is 0 Å². The van der Waals surface area contributed by atoms with Crippen molar-refractivity contribution in [1.82, 2.24) is 5.16 Å². The Morgan fingerprint density at radius 3 is 2.46 bits per heavy atom. The number of hydrogen-bond acceptors (Lipinski definition) is 4. The second kappa shape index (κ2) is 7.60. The second-order valence-corrected chi connectivity index (χ2v) is 6.53. The average Bonchev–Trinajstić information content (AvgIpc) is 3.00. The van der Waals surface area contributed by atoms with Gasteiger partial charge in [-0.2, -0.15) is 0 Å². The molecule has 1 aromatic heterocycles. The summed E-state index contributed by atoms with van der Waals surface area (Å²) < 4.78 is 5.39. The lowest BCUT2D eigenvalue weighted by atomic mass is 10.0. The highest BCUT2D eigenvalue weighted by Gasteiger charge is 2.15. The number of carbonyl (C=O) groups is 1. The Morgan fingerprint density at radius 1 is 1.12 bits per heavy atom. The van der Waals surface area contributed by atoms with Gasteiger partial charge < -0.3 is 14.7 Å². The first kappa shape index (κ1) is 18.0. The van der Waals surface area contributed by atoms with Crippen molar-refractivity contribution < 1.29 is 9.32 Å². The average molecular weight is 351 g/mol. The Hall–Kier alpha value is -2.82. The minimum absolute atomic E-state index is 0.101. The lowest BCUT2D eigenvalue weighted by Crippen LogP contribution is -2.21. The van der Waals surface area contributed by atoms with Crippen LogP contribution in [-0.2, 0) is 11.2 Å². The first-order valence-electron chi connectivity index (χ1n) is 9.02. The number of aryl methyl sites for hydroxylation is 2. The minimum Gasteiger partial charge on any atom is -0.372 e. The maximum absolute atomic E-state index is 12.4. The summed E-state index contributed by atoms with van der Waals surface area (Å²) in [5.74, 6) is -0.101. The molecule has 0 spiro atoms. The molecule has 0 atom stereocenters. The summed E-state index contributed by atoms with van der Waals surface area (Å²) in [6.07, 6.45) is 0.189. The fourth-order valence-electron chi connectivity index (χ4n) is 3.34. The van der Waals surface area contributed by atoms with E-state index in [2.05, 4.69) is 35.3 Å². The van der Waals surface area contributed by atoms with E-state index in [9.17, 15) is 4.79 Å². The van der Waals surface area contributed by atoms with Crippen LogP contribution >= 0.6 is 0 Å². The van der Waals surface area contributed by atoms with Gasteiger partial charge >= 0.3 is 0 Å². The molecule has 0 bridgehead atoms. The Kier molecular flexibility index (Phi) is 5.26. The van der Waals surface area contributed by atoms with Crippen molar-refractivity contribution >= 4 is 28.3 Å². The van der Waals surface area contributed by atoms with Crippen LogP contribution in [0, 0.1) is 13.8 Å². The van der Waals surface area contributed by atoms with E-state index in [0.717, 1.165) is 46.6 Å². The van der Waals surface area contributed by atoms with Crippen LogP contribution < -0.4 is 10.2 Å². The van der Waals surface area contributed by atoms with E-state index < -0.39 is 0 Å². The highest BCUT2D eigenvalue weighted by Crippen LogP contribution is 2.25. The van der Waals surface area contributed by atoms with Gasteiger partial charge in [0, 0.05) is 29.9 Å². The fraction of sp³-hybridized carbons (Fsp3) is 0.333. The first-order chi connectivity index (χ1) is 12.5. The molecule has 0 aliphatic carbocycles. The van der Waals surface area contributed by atoms with Crippen LogP contribution in [0.2, 0.25) is 0 Å². The van der Waals surface area contributed by atoms with Crippen LogP contribution in [0.3, 0.4) is 0 Å². The highest BCUT2D eigenvalue weighted by molar-refractivity contribution is 5.95. The van der Waals surface area contributed by atoms with Gasteiger partial charge in [-0.1, -0.05) is 11.2 Å². The van der Waals surface area contributed by atoms with Crippen LogP contribution in [0.1, 0.15) is 30.7 Å². The van der Waals surface area contributed by atoms with E-state index in [1.807, 2.05) is 44.2 Å². The van der Waals surface area contributed by atoms with Gasteiger partial charge in [0.2, 0.25) is 5.91 Å². The maximum atomic E-state index is 12.4. The molecular weight excluding hydrogens is 326 g/mol. The first-order valence-corrected chi connectivity index (χ1v) is 9.02. The quantitative estimate of drug-likeness (QED) is 0.712. The van der Waals surface area contributed by atoms with Crippen molar-refractivity contribution in [3.8, 4) is 0 Å². The fourth-order valence-corrected chi connectivity index (χ4v) is 3.34. The highest BCUT2D eigenvalue weighted by atomic mass is 16.5. The van der Waals surface area contributed by atoms with Gasteiger partial charge in [-0.15, -0.1) is 0 Å². The third-order valence-corrected chi connectivity index (χ3v) is 4.59. The summed E-state index contributed by atoms with van der Waals surface area (Å²) in [5.41, 5.74) is 5.54. The van der Waals surface area contributed by atoms with Crippen molar-refractivity contribution in [1.29, 1.82) is 0 Å². The number of hydrogen-bond donors (Lipinski definition) is 1. The zero-order valence-electron chi connectivity index (χ0n) is 15.8. The molecule has 5 heteroatoms. The Morgan fingerprint density at radius 2 is 1.81 bits per heavy atom. The Labute approximate surface area is 154 Å². The minimum atomic E-state index is -0.101. The summed E-state index contributed by atoms with van der Waals surface area (Å²) in [6, 6.07) is 11.9. The Balaban J connectivity index is 1.71. The lowest BCUT2D eigenvalue weighted by Gasteiger charge is -2.21. The normalized spacial score (nSPS) is 10.9. The zero-order valence-corrected chi connectivity index (χ0v) is 15.8. The maximum Gasteiger partial charge on any atom is 0.230 e. The molecule has 0 radical (unpaired) electrons. The van der Waals surface area contributed by atoms with Gasteiger partial charge in [-0.05, 0) is 69.2 Å². The molecule has 0 saturated heterocycles. The summed E-state index contributed by atoms with van der Waals surface area (Å²) >= 11 is 0. The van der Waals surface area contributed by atoms with Crippen molar-refractivity contribution in [2.75, 3.05) is 23.3 Å². The van der Waals surface area contributed by atoms with Crippen molar-refractivity contribution in [2.24, 2.45) is 0 Å². The smallest absolute Gasteiger partial charge is 0.230 e. The summed E-state index contributed by atoms with van der Waals surface area (Å²) in [7, 11) is 0. The van der Waals surface area contributed by atoms with Gasteiger partial charge in [0.1, 0.15) is 5.69 Å². The van der Waals surface area contributed by atoms with E-state index in [0.29, 0.717) is 5.69 Å². The van der Waals surface area contributed by atoms with Crippen LogP contribution in [0.15, 0.2) is 40.9 Å². The molecule has 0 fully saturated rings. The van der Waals surface area contributed by atoms with Crippen molar-refractivity contribution in [3.63, 3.8) is 0 Å². The van der Waals surface area contributed by atoms with Crippen molar-refractivity contribution in [3.05, 3.63) is 53.2 Å². The van der Waals surface area contributed by atoms with Gasteiger partial charge in [0.05, 0.1) is 6.42 Å². The number of benzene rings is 2. The van der Waals surface area contributed by atoms with E-state index in [1.54, 1.807) is 0 Å². The standard InChI is InChI=1S/C21H25N3O2/c1-5-24(6-2)17-9-7-16(8-10-17)22-20(25)13-18-21-15(4)11-14(3)12-19(21)26-23-18/h7-12H,5-6,13H2,1-4H3,(H,22,25). The van der Waals surface area contributed by atoms with Gasteiger partial charge in [-0.25, -0.2) is 0 Å². The summed E-state index contributed by atoms with van der Waals surface area (Å²) in [6.45, 7) is 10.2. The molecule has 1 N–H and O–H groups in total. The number of aromatic nitrogens is 1. The largest absolute Gasteiger partial charge is 0.372 e. The number of amides is 1. The third kappa shape index (κ3) is 3.72. The molecule has 0 unspecified atom stereocenters. The van der Waals surface area contributed by atoms with Gasteiger partial charge in [0.15, 0.2) is 5.58 Å². The van der Waals surface area contributed by atoms with Gasteiger partial charge in [-0.3, -0.25) is 4.79 Å². The van der Waals surface area contributed by atoms with E-state index in [4.69, 9.17) is 4.52 Å². The number of rotatable bonds is 6. The molecule has 5 nitrogen and oxygen atoms in total. The molecule has 0 aliphatic heterocycles. The molecule has 3 aromatic rings. The number of carbonyl (C=O) groups excluding carboxylic acids is 1. The van der Waals surface area contributed by atoms with Crippen LogP contribution in [0.25, 0.3) is 11.0 Å². The Bertz CT molecular complexity index is 909. The van der Waals surface area contributed by atoms with Crippen LogP contribution in [0.4, 0.5) is 11.4 Å². The van der Waals surface area contributed by atoms with E-state index in [-0.39, 0.29) is 12.3 Å². The predicted octanol–water partition coefficient (Wildman–Crippen LogP) is 4.47. The van der Waals surface area contributed by atoms with Gasteiger partial charge in [0.25, 0.3) is 0 Å². The molecule has 1 heterocycles. The molecule has 1 amide bonds. The third-order valence-electron chi connectivity index (χ3n) is 4.59. The summed E-state index contributed by atoms with van der Waals surface area (Å²) in [5, 5.41) is 7.97. The number of fused-ring (bicyclic) bond motifs is 1. The molecule has 26 heavy (non-hydrogen) atoms. The molecule has 0 aliphatic rings. The van der Waals surface area contributed by atoms with Crippen molar-refractivity contribution in [2.45, 2.75) is 34.1 Å². The molecule has 0 saturated carbocycles. The molecule has 136 valence electrons. The molecule has 3 rings (SSSR count). The molecule has 2 aromatic carbocycles. The van der Waals surface area contributed by atoms with E-state index in [1.165, 1.54) is 0 Å². The predicted molar refractivity (Wildman–Crippen MR) is 106 cm³/mol. The van der Waals surface area contributed by atoms with E-state index >= 15 is 0 Å². The topological polar surface area (TPSA) is 58.4 Å². The monoisotopic (exact) mass is 351 g/mol. The number of nitrogens with zero attached hydrogens (tertiary/aromatic N) is 2. The SMILES string of the molecule is CCN(CC)c1ccc(NC(=O)Cc2noc3cc(C)cc(C)c23)cc1. The number of anilines is 2. The zero-order chi connectivity index (χ0) is 18.7.